The summed E-state index contributed by atoms with van der Waals surface area (Å²) in [7, 11) is 1.32. The van der Waals surface area contributed by atoms with E-state index in [0.717, 1.165) is 11.3 Å². The SMILES string of the molecule is CCC=CC=CC=CC=CC=CC=CC=CC(=O)N(C)C1C(=O)NC(C)C(=O)NC(CC(C)C)C(=O)N2CCCC2C(=O)NC(C)C(=O)NC(CCC(N)=O)C(=O)OC1C. The van der Waals surface area contributed by atoms with Crippen LogP contribution in [0.2, 0.25) is 0 Å². The summed E-state index contributed by atoms with van der Waals surface area (Å²) >= 11 is 0. The molecule has 2 saturated heterocycles. The fourth-order valence-corrected chi connectivity index (χ4v) is 6.35. The maximum absolute atomic E-state index is 14.0. The molecule has 328 valence electrons. The van der Waals surface area contributed by atoms with E-state index in [9.17, 15) is 38.4 Å². The van der Waals surface area contributed by atoms with Crippen LogP contribution in [-0.4, -0.2) is 113 Å². The van der Waals surface area contributed by atoms with Crippen LogP contribution in [0.4, 0.5) is 0 Å². The molecule has 2 aliphatic rings. The Balaban J connectivity index is 2.43. The van der Waals surface area contributed by atoms with Crippen molar-refractivity contribution in [3.05, 3.63) is 85.1 Å². The molecule has 0 aliphatic carbocycles. The van der Waals surface area contributed by atoms with Crippen molar-refractivity contribution in [3.63, 3.8) is 0 Å². The van der Waals surface area contributed by atoms with Crippen molar-refractivity contribution in [1.82, 2.24) is 31.1 Å². The molecule has 2 fully saturated rings. The van der Waals surface area contributed by atoms with Gasteiger partial charge in [0.05, 0.1) is 0 Å². The van der Waals surface area contributed by atoms with Gasteiger partial charge < -0.3 is 41.5 Å². The van der Waals surface area contributed by atoms with Gasteiger partial charge in [-0.15, -0.1) is 0 Å². The number of carbonyl (C=O) groups excluding carboxylic acids is 8. The van der Waals surface area contributed by atoms with Crippen LogP contribution in [0.15, 0.2) is 85.1 Å². The van der Waals surface area contributed by atoms with Crippen LogP contribution in [0.3, 0.4) is 0 Å². The lowest BCUT2D eigenvalue weighted by molar-refractivity contribution is -0.159. The van der Waals surface area contributed by atoms with E-state index in [1.54, 1.807) is 24.3 Å². The topological polar surface area (TPSA) is 226 Å². The van der Waals surface area contributed by atoms with E-state index in [4.69, 9.17) is 10.5 Å². The van der Waals surface area contributed by atoms with Crippen LogP contribution < -0.4 is 27.0 Å². The Morgan fingerprint density at radius 2 is 1.28 bits per heavy atom. The lowest BCUT2D eigenvalue weighted by Gasteiger charge is -2.33. The van der Waals surface area contributed by atoms with Gasteiger partial charge in [-0.1, -0.05) is 99.8 Å². The molecule has 7 amide bonds. The van der Waals surface area contributed by atoms with Crippen molar-refractivity contribution in [2.75, 3.05) is 13.6 Å². The summed E-state index contributed by atoms with van der Waals surface area (Å²) in [5, 5.41) is 10.4. The summed E-state index contributed by atoms with van der Waals surface area (Å²) in [6, 6.07) is -7.35. The van der Waals surface area contributed by atoms with Gasteiger partial charge in [0.1, 0.15) is 42.4 Å². The summed E-state index contributed by atoms with van der Waals surface area (Å²) < 4.78 is 5.68. The number of nitrogens with one attached hydrogen (secondary N) is 4. The van der Waals surface area contributed by atoms with Gasteiger partial charge in [-0.25, -0.2) is 4.79 Å². The average molecular weight is 834 g/mol. The summed E-state index contributed by atoms with van der Waals surface area (Å²) in [5.41, 5.74) is 5.34. The number of primary amides is 1. The van der Waals surface area contributed by atoms with Gasteiger partial charge >= 0.3 is 5.97 Å². The summed E-state index contributed by atoms with van der Waals surface area (Å²) in [6.45, 7) is 10.2. The number of nitrogens with two attached hydrogens (primary N) is 1. The molecule has 2 heterocycles. The molecule has 60 heavy (non-hydrogen) atoms. The molecule has 0 aromatic heterocycles. The van der Waals surface area contributed by atoms with Gasteiger partial charge in [-0.3, -0.25) is 33.6 Å². The third kappa shape index (κ3) is 17.0. The lowest BCUT2D eigenvalue weighted by atomic mass is 10.0. The number of hydrogen-bond donors (Lipinski definition) is 5. The molecule has 16 heteroatoms. The standard InChI is InChI=1S/C44H63N7O9/c1-8-9-10-11-12-13-14-15-16-17-18-19-20-21-24-37(53)50(7)38-32(6)60-44(59)33(25-26-36(45)52)48-39(54)30(4)46-41(56)35-23-22-27-51(35)43(58)34(28-29(2)3)49-40(55)31(5)47-42(38)57/h9-21,24,29-35,38H,8,22-23,25-28H2,1-7H3,(H2,45,52)(H,46,56)(H,47,57)(H,48,54)(H,49,55). The first kappa shape index (κ1) is 50.1. The first-order chi connectivity index (χ1) is 28.5. The number of hydrogen-bond acceptors (Lipinski definition) is 9. The van der Waals surface area contributed by atoms with Gasteiger partial charge in [-0.05, 0) is 58.8 Å². The van der Waals surface area contributed by atoms with Crippen LogP contribution in [0.1, 0.15) is 80.1 Å². The highest BCUT2D eigenvalue weighted by molar-refractivity contribution is 5.98. The number of amides is 7. The van der Waals surface area contributed by atoms with Gasteiger partial charge in [0.15, 0.2) is 0 Å². The van der Waals surface area contributed by atoms with Gasteiger partial charge in [0.25, 0.3) is 0 Å². The van der Waals surface area contributed by atoms with Crippen LogP contribution in [0, 0.1) is 5.92 Å². The Morgan fingerprint density at radius 3 is 1.82 bits per heavy atom. The highest BCUT2D eigenvalue weighted by Crippen LogP contribution is 2.21. The maximum Gasteiger partial charge on any atom is 0.329 e. The van der Waals surface area contributed by atoms with Gasteiger partial charge in [-0.2, -0.15) is 0 Å². The Labute approximate surface area is 353 Å². The fraction of sp³-hybridized carbons (Fsp3) is 0.500. The second-order valence-corrected chi connectivity index (χ2v) is 15.1. The monoisotopic (exact) mass is 833 g/mol. The quantitative estimate of drug-likeness (QED) is 0.0983. The number of nitrogens with zero attached hydrogens (tertiary/aromatic N) is 2. The van der Waals surface area contributed by atoms with Gasteiger partial charge in [0.2, 0.25) is 41.4 Å². The van der Waals surface area contributed by atoms with E-state index in [0.29, 0.717) is 12.8 Å². The Morgan fingerprint density at radius 1 is 0.767 bits per heavy atom. The number of cyclic esters (lactones) is 1. The molecule has 2 aliphatic heterocycles. The number of fused-ring (bicyclic) bond motifs is 1. The molecule has 0 saturated carbocycles. The molecule has 0 radical (unpaired) electrons. The van der Waals surface area contributed by atoms with E-state index in [1.807, 2.05) is 56.4 Å². The van der Waals surface area contributed by atoms with Crippen molar-refractivity contribution in [1.29, 1.82) is 0 Å². The van der Waals surface area contributed by atoms with E-state index in [-0.39, 0.29) is 31.7 Å². The zero-order valence-corrected chi connectivity index (χ0v) is 35.8. The zero-order valence-electron chi connectivity index (χ0n) is 35.8. The molecule has 2 rings (SSSR count). The third-order valence-electron chi connectivity index (χ3n) is 9.56. The molecule has 0 spiro atoms. The van der Waals surface area contributed by atoms with E-state index < -0.39 is 89.7 Å². The van der Waals surface area contributed by atoms with E-state index in [2.05, 4.69) is 34.3 Å². The minimum absolute atomic E-state index is 0.0459. The van der Waals surface area contributed by atoms with Crippen LogP contribution >= 0.6 is 0 Å². The molecule has 7 unspecified atom stereocenters. The van der Waals surface area contributed by atoms with Crippen LogP contribution in [0.5, 0.6) is 0 Å². The normalized spacial score (nSPS) is 25.9. The number of carbonyl (C=O) groups is 8. The second-order valence-electron chi connectivity index (χ2n) is 15.1. The average Bonchev–Trinajstić information content (AvgIpc) is 3.68. The zero-order chi connectivity index (χ0) is 44.8. The third-order valence-corrected chi connectivity index (χ3v) is 9.56. The van der Waals surface area contributed by atoms with Crippen LogP contribution in [0.25, 0.3) is 0 Å². The van der Waals surface area contributed by atoms with Crippen molar-refractivity contribution in [3.8, 4) is 0 Å². The van der Waals surface area contributed by atoms with E-state index in [1.165, 1.54) is 44.9 Å². The highest BCUT2D eigenvalue weighted by Gasteiger charge is 2.41. The van der Waals surface area contributed by atoms with Crippen LogP contribution in [-0.2, 0) is 43.1 Å². The number of esters is 1. The number of rotatable bonds is 14. The Kier molecular flexibility index (Phi) is 21.8. The lowest BCUT2D eigenvalue weighted by Crippen LogP contribution is -2.59. The van der Waals surface area contributed by atoms with Crippen molar-refractivity contribution < 1.29 is 43.1 Å². The molecule has 6 N–H and O–H groups in total. The molecule has 0 aromatic rings. The molecule has 7 atom stereocenters. The van der Waals surface area contributed by atoms with Crippen molar-refractivity contribution >= 4 is 47.3 Å². The predicted molar refractivity (Wildman–Crippen MR) is 228 cm³/mol. The number of likely N-dealkylation sites (N-methyl/N-ethyl adjacent to an activating group) is 1. The van der Waals surface area contributed by atoms with Gasteiger partial charge in [0, 0.05) is 26.1 Å². The number of ether oxygens (including phenoxy) is 1. The summed E-state index contributed by atoms with van der Waals surface area (Å²) in [4.78, 5) is 109. The minimum Gasteiger partial charge on any atom is -0.458 e. The maximum atomic E-state index is 14.0. The fourth-order valence-electron chi connectivity index (χ4n) is 6.35. The molecule has 0 aromatic carbocycles. The Bertz CT molecular complexity index is 1750. The first-order valence-corrected chi connectivity index (χ1v) is 20.4. The van der Waals surface area contributed by atoms with E-state index >= 15 is 0 Å². The molecule has 16 nitrogen and oxygen atoms in total. The summed E-state index contributed by atoms with van der Waals surface area (Å²) in [5.74, 6) is -5.95. The molecule has 0 bridgehead atoms. The first-order valence-electron chi connectivity index (χ1n) is 20.4. The largest absolute Gasteiger partial charge is 0.458 e. The highest BCUT2D eigenvalue weighted by atomic mass is 16.5. The number of allylic oxidation sites excluding steroid dienone is 13. The van der Waals surface area contributed by atoms with Crippen molar-refractivity contribution in [2.24, 2.45) is 11.7 Å². The smallest absolute Gasteiger partial charge is 0.329 e. The summed E-state index contributed by atoms with van der Waals surface area (Å²) in [6.07, 6.45) is 24.9. The second kappa shape index (κ2) is 26.1. The molecular weight excluding hydrogens is 771 g/mol. The molecular formula is C44H63N7O9. The minimum atomic E-state index is -1.51. The predicted octanol–water partition coefficient (Wildman–Crippen LogP) is 2.34. The van der Waals surface area contributed by atoms with Crippen molar-refractivity contribution in [2.45, 2.75) is 122 Å². The Hall–Kier alpha value is -6.06.